The third kappa shape index (κ3) is 2.78. The van der Waals surface area contributed by atoms with Crippen molar-refractivity contribution in [1.82, 2.24) is 4.98 Å². The fraction of sp³-hybridized carbons (Fsp3) is 0.471. The average Bonchev–Trinajstić information content (AvgIpc) is 2.99. The minimum Gasteiger partial charge on any atom is -0.490 e. The summed E-state index contributed by atoms with van der Waals surface area (Å²) in [5.41, 5.74) is 8.20. The van der Waals surface area contributed by atoms with Crippen LogP contribution in [0.3, 0.4) is 0 Å². The first-order valence-electron chi connectivity index (χ1n) is 7.49. The van der Waals surface area contributed by atoms with Gasteiger partial charge >= 0.3 is 0 Å². The van der Waals surface area contributed by atoms with E-state index in [1.165, 1.54) is 25.7 Å². The number of para-hydroxylation sites is 1. The van der Waals surface area contributed by atoms with E-state index in [9.17, 15) is 0 Å². The lowest BCUT2D eigenvalue weighted by Crippen LogP contribution is -2.34. The molecule has 2 N–H and O–H groups in total. The molecule has 3 heteroatoms. The number of aromatic nitrogens is 1. The first kappa shape index (κ1) is 13.4. The lowest BCUT2D eigenvalue weighted by atomic mass is 10.00. The Hall–Kier alpha value is -1.61. The molecule has 0 saturated heterocycles. The van der Waals surface area contributed by atoms with Crippen LogP contribution in [0.25, 0.3) is 10.9 Å². The lowest BCUT2D eigenvalue weighted by Gasteiger charge is -2.19. The number of hydrogen-bond donors (Lipinski definition) is 1. The van der Waals surface area contributed by atoms with Gasteiger partial charge in [-0.2, -0.15) is 0 Å². The van der Waals surface area contributed by atoms with Gasteiger partial charge in [0.25, 0.3) is 0 Å². The third-order valence-corrected chi connectivity index (χ3v) is 4.26. The van der Waals surface area contributed by atoms with Gasteiger partial charge in [-0.1, -0.05) is 31.0 Å². The molecule has 0 spiro atoms. The Morgan fingerprint density at radius 2 is 2.05 bits per heavy atom. The first-order chi connectivity index (χ1) is 9.74. The number of pyridine rings is 1. The molecule has 3 nitrogen and oxygen atoms in total. The molecule has 0 aliphatic heterocycles. The fourth-order valence-electron chi connectivity index (χ4n) is 3.04. The maximum absolute atomic E-state index is 6.26. The summed E-state index contributed by atoms with van der Waals surface area (Å²) < 4.78 is 5.96. The molecule has 0 amide bonds. The summed E-state index contributed by atoms with van der Waals surface area (Å²) in [5.74, 6) is 1.47. The molecule has 1 aromatic heterocycles. The predicted octanol–water partition coefficient (Wildman–Crippen LogP) is 3.44. The minimum atomic E-state index is 0.137. The number of ether oxygens (including phenoxy) is 1. The average molecular weight is 270 g/mol. The maximum Gasteiger partial charge on any atom is 0.145 e. The second-order valence-electron chi connectivity index (χ2n) is 5.80. The molecule has 1 saturated carbocycles. The van der Waals surface area contributed by atoms with Crippen LogP contribution in [0.2, 0.25) is 0 Å². The topological polar surface area (TPSA) is 48.1 Å². The number of fused-ring (bicyclic) bond motifs is 1. The Bertz CT molecular complexity index is 591. The van der Waals surface area contributed by atoms with E-state index in [4.69, 9.17) is 10.5 Å². The minimum absolute atomic E-state index is 0.137. The monoisotopic (exact) mass is 270 g/mol. The quantitative estimate of drug-likeness (QED) is 0.925. The number of benzene rings is 1. The van der Waals surface area contributed by atoms with Crippen LogP contribution in [0.15, 0.2) is 30.3 Å². The predicted molar refractivity (Wildman–Crippen MR) is 81.9 cm³/mol. The molecule has 1 fully saturated rings. The Labute approximate surface area is 120 Å². The van der Waals surface area contributed by atoms with Gasteiger partial charge in [0.1, 0.15) is 17.9 Å². The lowest BCUT2D eigenvalue weighted by molar-refractivity contribution is 0.249. The van der Waals surface area contributed by atoms with Crippen LogP contribution in [-0.2, 0) is 0 Å². The van der Waals surface area contributed by atoms with E-state index in [0.29, 0.717) is 12.5 Å². The highest BCUT2D eigenvalue weighted by Crippen LogP contribution is 2.28. The molecule has 1 unspecified atom stereocenters. The van der Waals surface area contributed by atoms with Gasteiger partial charge in [-0.3, -0.25) is 0 Å². The van der Waals surface area contributed by atoms with Crippen LogP contribution < -0.4 is 10.5 Å². The summed E-state index contributed by atoms with van der Waals surface area (Å²) >= 11 is 0. The van der Waals surface area contributed by atoms with Gasteiger partial charge in [-0.15, -0.1) is 0 Å². The van der Waals surface area contributed by atoms with Crippen molar-refractivity contribution in [1.29, 1.82) is 0 Å². The van der Waals surface area contributed by atoms with Gasteiger partial charge in [-0.25, -0.2) is 4.98 Å². The highest BCUT2D eigenvalue weighted by molar-refractivity contribution is 5.84. The van der Waals surface area contributed by atoms with Gasteiger partial charge < -0.3 is 10.5 Å². The van der Waals surface area contributed by atoms with Crippen LogP contribution in [0.1, 0.15) is 31.4 Å². The number of nitrogens with two attached hydrogens (primary N) is 1. The fourth-order valence-corrected chi connectivity index (χ4v) is 3.04. The SMILES string of the molecule is Cc1ccc2cccc(OCC(N)C3CCCC3)c2n1. The van der Waals surface area contributed by atoms with E-state index in [1.54, 1.807) is 0 Å². The molecule has 1 aromatic carbocycles. The van der Waals surface area contributed by atoms with Crippen LogP contribution >= 0.6 is 0 Å². The molecular formula is C17H22N2O. The smallest absolute Gasteiger partial charge is 0.145 e. The standard InChI is InChI=1S/C17H22N2O/c1-12-9-10-14-7-4-8-16(17(14)19-12)20-11-15(18)13-5-2-3-6-13/h4,7-10,13,15H,2-3,5-6,11,18H2,1H3. The van der Waals surface area contributed by atoms with E-state index < -0.39 is 0 Å². The zero-order valence-corrected chi connectivity index (χ0v) is 12.0. The summed E-state index contributed by atoms with van der Waals surface area (Å²) in [7, 11) is 0. The largest absolute Gasteiger partial charge is 0.490 e. The molecule has 20 heavy (non-hydrogen) atoms. The third-order valence-electron chi connectivity index (χ3n) is 4.26. The van der Waals surface area contributed by atoms with Crippen molar-refractivity contribution in [2.75, 3.05) is 6.61 Å². The Balaban J connectivity index is 1.75. The number of hydrogen-bond acceptors (Lipinski definition) is 3. The molecule has 2 aromatic rings. The second kappa shape index (κ2) is 5.80. The van der Waals surface area contributed by atoms with E-state index >= 15 is 0 Å². The molecule has 106 valence electrons. The molecule has 1 aliphatic rings. The molecule has 1 aliphatic carbocycles. The highest BCUT2D eigenvalue weighted by Gasteiger charge is 2.22. The number of aryl methyl sites for hydroxylation is 1. The van der Waals surface area contributed by atoms with Crippen molar-refractivity contribution < 1.29 is 4.74 Å². The Morgan fingerprint density at radius 1 is 1.25 bits per heavy atom. The van der Waals surface area contributed by atoms with Gasteiger partial charge in [0.2, 0.25) is 0 Å². The Kier molecular flexibility index (Phi) is 3.88. The van der Waals surface area contributed by atoms with Crippen molar-refractivity contribution in [3.63, 3.8) is 0 Å². The van der Waals surface area contributed by atoms with Gasteiger partial charge in [0.15, 0.2) is 0 Å². The number of nitrogens with zero attached hydrogens (tertiary/aromatic N) is 1. The zero-order chi connectivity index (χ0) is 13.9. The van der Waals surface area contributed by atoms with E-state index in [-0.39, 0.29) is 6.04 Å². The normalized spacial score (nSPS) is 17.5. The van der Waals surface area contributed by atoms with Crippen LogP contribution in [-0.4, -0.2) is 17.6 Å². The van der Waals surface area contributed by atoms with Crippen LogP contribution in [0.5, 0.6) is 5.75 Å². The van der Waals surface area contributed by atoms with Crippen LogP contribution in [0, 0.1) is 12.8 Å². The molecule has 1 atom stereocenters. The van der Waals surface area contributed by atoms with Crippen molar-refractivity contribution in [3.05, 3.63) is 36.0 Å². The van der Waals surface area contributed by atoms with E-state index in [1.807, 2.05) is 25.1 Å². The first-order valence-corrected chi connectivity index (χ1v) is 7.49. The molecule has 1 heterocycles. The number of rotatable bonds is 4. The molecule has 0 bridgehead atoms. The van der Waals surface area contributed by atoms with Crippen molar-refractivity contribution in [2.45, 2.75) is 38.6 Å². The second-order valence-corrected chi connectivity index (χ2v) is 5.80. The van der Waals surface area contributed by atoms with Gasteiger partial charge in [0.05, 0.1) is 0 Å². The van der Waals surface area contributed by atoms with Crippen molar-refractivity contribution in [3.8, 4) is 5.75 Å². The summed E-state index contributed by atoms with van der Waals surface area (Å²) in [4.78, 5) is 4.59. The van der Waals surface area contributed by atoms with Crippen LogP contribution in [0.4, 0.5) is 0 Å². The molecule has 0 radical (unpaired) electrons. The summed E-state index contributed by atoms with van der Waals surface area (Å²) in [6.45, 7) is 2.58. The van der Waals surface area contributed by atoms with E-state index in [2.05, 4.69) is 17.1 Å². The van der Waals surface area contributed by atoms with E-state index in [0.717, 1.165) is 22.3 Å². The molecular weight excluding hydrogens is 248 g/mol. The highest BCUT2D eigenvalue weighted by atomic mass is 16.5. The van der Waals surface area contributed by atoms with Crippen molar-refractivity contribution >= 4 is 10.9 Å². The summed E-state index contributed by atoms with van der Waals surface area (Å²) in [6, 6.07) is 10.3. The van der Waals surface area contributed by atoms with Gasteiger partial charge in [-0.05, 0) is 37.8 Å². The summed E-state index contributed by atoms with van der Waals surface area (Å²) in [5, 5.41) is 1.11. The zero-order valence-electron chi connectivity index (χ0n) is 12.0. The van der Waals surface area contributed by atoms with Gasteiger partial charge in [0, 0.05) is 17.1 Å². The summed E-state index contributed by atoms with van der Waals surface area (Å²) in [6.07, 6.45) is 5.12. The molecule has 3 rings (SSSR count). The maximum atomic E-state index is 6.26. The Morgan fingerprint density at radius 3 is 2.85 bits per heavy atom. The van der Waals surface area contributed by atoms with Crippen molar-refractivity contribution in [2.24, 2.45) is 11.7 Å².